The number of non-ortho nitro benzene ring substituents is 1. The lowest BCUT2D eigenvalue weighted by molar-refractivity contribution is -0.384. The molecule has 1 fully saturated rings. The summed E-state index contributed by atoms with van der Waals surface area (Å²) in [6.45, 7) is 7.15. The number of benzene rings is 2. The quantitative estimate of drug-likeness (QED) is 0.410. The van der Waals surface area contributed by atoms with Crippen LogP contribution in [0.1, 0.15) is 43.5 Å². The summed E-state index contributed by atoms with van der Waals surface area (Å²) in [5.41, 5.74) is 1.94. The highest BCUT2D eigenvalue weighted by Gasteiger charge is 2.35. The first kappa shape index (κ1) is 25.7. The zero-order chi connectivity index (χ0) is 26.0. The summed E-state index contributed by atoms with van der Waals surface area (Å²) in [5, 5.41) is 11.4. The molecule has 2 heterocycles. The van der Waals surface area contributed by atoms with Crippen molar-refractivity contribution in [2.45, 2.75) is 45.4 Å². The Labute approximate surface area is 213 Å². The first-order valence-corrected chi connectivity index (χ1v) is 12.0. The molecule has 0 aliphatic carbocycles. The van der Waals surface area contributed by atoms with E-state index in [0.717, 1.165) is 16.7 Å². The summed E-state index contributed by atoms with van der Waals surface area (Å²) in [6, 6.07) is 8.59. The normalized spacial score (nSPS) is 17.8. The number of rotatable bonds is 3. The second kappa shape index (κ2) is 10.3. The predicted octanol–water partition coefficient (Wildman–Crippen LogP) is 5.11. The first-order chi connectivity index (χ1) is 17.0. The van der Waals surface area contributed by atoms with Gasteiger partial charge < -0.3 is 19.1 Å². The fourth-order valence-electron chi connectivity index (χ4n) is 4.31. The van der Waals surface area contributed by atoms with Crippen molar-refractivity contribution in [1.82, 2.24) is 9.80 Å². The molecule has 0 radical (unpaired) electrons. The van der Waals surface area contributed by atoms with Crippen molar-refractivity contribution in [3.05, 3.63) is 68.2 Å². The molecule has 36 heavy (non-hydrogen) atoms. The van der Waals surface area contributed by atoms with E-state index in [2.05, 4.69) is 0 Å². The van der Waals surface area contributed by atoms with E-state index >= 15 is 0 Å². The maximum Gasteiger partial charge on any atom is 0.415 e. The second-order valence-corrected chi connectivity index (χ2v) is 10.1. The molecule has 1 atom stereocenters. The molecule has 0 N–H and O–H groups in total. The number of halogens is 1. The largest absolute Gasteiger partial charge is 0.444 e. The highest BCUT2D eigenvalue weighted by atomic mass is 35.5. The zero-order valence-corrected chi connectivity index (χ0v) is 21.1. The standard InChI is InChI=1S/C25H28ClN3O7/c1-25(2,3)36-24(31)28-10-11-34-15-22(28)20-13-17(26)12-16-8-9-27(14-21(16)20)23(30)35-19-6-4-18(5-7-19)29(32)33/h4-7,12-13,22H,8-11,14-15H2,1-3H3/t22-/m0/s1. The van der Waals surface area contributed by atoms with Gasteiger partial charge in [-0.3, -0.25) is 15.0 Å². The lowest BCUT2D eigenvalue weighted by Crippen LogP contribution is -2.46. The number of fused-ring (bicyclic) bond motifs is 1. The number of amides is 2. The molecular formula is C25H28ClN3O7. The van der Waals surface area contributed by atoms with Crippen molar-refractivity contribution in [3.63, 3.8) is 0 Å². The van der Waals surface area contributed by atoms with Crippen molar-refractivity contribution in [2.24, 2.45) is 0 Å². The summed E-state index contributed by atoms with van der Waals surface area (Å²) >= 11 is 6.45. The van der Waals surface area contributed by atoms with Crippen LogP contribution in [0.4, 0.5) is 15.3 Å². The topological polar surface area (TPSA) is 111 Å². The molecule has 4 rings (SSSR count). The Morgan fingerprint density at radius 2 is 1.86 bits per heavy atom. The van der Waals surface area contributed by atoms with E-state index in [0.29, 0.717) is 31.1 Å². The van der Waals surface area contributed by atoms with Gasteiger partial charge in [0.25, 0.3) is 5.69 Å². The zero-order valence-electron chi connectivity index (χ0n) is 20.4. The van der Waals surface area contributed by atoms with E-state index in [-0.39, 0.29) is 24.6 Å². The first-order valence-electron chi connectivity index (χ1n) is 11.6. The second-order valence-electron chi connectivity index (χ2n) is 9.69. The number of nitro benzene ring substituents is 1. The van der Waals surface area contributed by atoms with E-state index in [1.807, 2.05) is 32.9 Å². The fourth-order valence-corrected chi connectivity index (χ4v) is 4.56. The van der Waals surface area contributed by atoms with Crippen LogP contribution in [0.2, 0.25) is 5.02 Å². The summed E-state index contributed by atoms with van der Waals surface area (Å²) < 4.78 is 16.8. The smallest absolute Gasteiger partial charge is 0.415 e. The van der Waals surface area contributed by atoms with E-state index in [4.69, 9.17) is 25.8 Å². The molecule has 192 valence electrons. The van der Waals surface area contributed by atoms with Crippen molar-refractivity contribution >= 4 is 29.5 Å². The predicted molar refractivity (Wildman–Crippen MR) is 131 cm³/mol. The van der Waals surface area contributed by atoms with Crippen molar-refractivity contribution in [3.8, 4) is 5.75 Å². The Hall–Kier alpha value is -3.37. The third-order valence-electron chi connectivity index (χ3n) is 5.97. The van der Waals surface area contributed by atoms with Gasteiger partial charge in [0, 0.05) is 36.8 Å². The summed E-state index contributed by atoms with van der Waals surface area (Å²) in [5.74, 6) is 0.213. The Morgan fingerprint density at radius 1 is 1.14 bits per heavy atom. The van der Waals surface area contributed by atoms with Gasteiger partial charge in [0.05, 0.1) is 24.2 Å². The van der Waals surface area contributed by atoms with Gasteiger partial charge in [0.2, 0.25) is 0 Å². The minimum absolute atomic E-state index is 0.0903. The number of carbonyl (C=O) groups is 2. The van der Waals surface area contributed by atoms with Crippen LogP contribution in [0, 0.1) is 10.1 Å². The third-order valence-corrected chi connectivity index (χ3v) is 6.19. The third kappa shape index (κ3) is 5.88. The van der Waals surface area contributed by atoms with E-state index < -0.39 is 28.8 Å². The molecule has 2 aromatic rings. The number of hydrogen-bond acceptors (Lipinski definition) is 7. The highest BCUT2D eigenvalue weighted by Crippen LogP contribution is 2.35. The lowest BCUT2D eigenvalue weighted by atomic mass is 9.90. The number of morpholine rings is 1. The van der Waals surface area contributed by atoms with Crippen molar-refractivity contribution < 1.29 is 28.7 Å². The molecular weight excluding hydrogens is 490 g/mol. The molecule has 2 aliphatic rings. The van der Waals surface area contributed by atoms with Gasteiger partial charge in [-0.15, -0.1) is 0 Å². The minimum Gasteiger partial charge on any atom is -0.444 e. The maximum absolute atomic E-state index is 13.0. The summed E-state index contributed by atoms with van der Waals surface area (Å²) in [7, 11) is 0. The fraction of sp³-hybridized carbons (Fsp3) is 0.440. The van der Waals surface area contributed by atoms with Crippen LogP contribution in [-0.2, 0) is 22.4 Å². The van der Waals surface area contributed by atoms with Crippen LogP contribution in [-0.4, -0.2) is 58.8 Å². The number of nitro groups is 1. The molecule has 1 saturated heterocycles. The van der Waals surface area contributed by atoms with Gasteiger partial charge >= 0.3 is 12.2 Å². The van der Waals surface area contributed by atoms with E-state index in [1.165, 1.54) is 24.3 Å². The molecule has 2 aromatic carbocycles. The number of nitrogens with zero attached hydrogens (tertiary/aromatic N) is 3. The van der Waals surface area contributed by atoms with Crippen molar-refractivity contribution in [1.29, 1.82) is 0 Å². The van der Waals surface area contributed by atoms with E-state index in [9.17, 15) is 19.7 Å². The average Bonchev–Trinajstić information content (AvgIpc) is 2.82. The van der Waals surface area contributed by atoms with Crippen LogP contribution in [0.15, 0.2) is 36.4 Å². The van der Waals surface area contributed by atoms with Gasteiger partial charge in [-0.05, 0) is 68.1 Å². The number of carbonyl (C=O) groups excluding carboxylic acids is 2. The van der Waals surface area contributed by atoms with Gasteiger partial charge in [-0.25, -0.2) is 9.59 Å². The van der Waals surface area contributed by atoms with Gasteiger partial charge in [0.1, 0.15) is 11.4 Å². The van der Waals surface area contributed by atoms with Gasteiger partial charge in [-0.1, -0.05) is 11.6 Å². The average molecular weight is 518 g/mol. The number of ether oxygens (including phenoxy) is 3. The monoisotopic (exact) mass is 517 g/mol. The molecule has 11 heteroatoms. The Kier molecular flexibility index (Phi) is 7.37. The van der Waals surface area contributed by atoms with Crippen LogP contribution >= 0.6 is 11.6 Å². The summed E-state index contributed by atoms with van der Waals surface area (Å²) in [6.07, 6.45) is -0.452. The molecule has 0 bridgehead atoms. The van der Waals surface area contributed by atoms with Crippen LogP contribution in [0.5, 0.6) is 5.75 Å². The summed E-state index contributed by atoms with van der Waals surface area (Å²) in [4.78, 5) is 39.4. The van der Waals surface area contributed by atoms with Gasteiger partial charge in [-0.2, -0.15) is 0 Å². The van der Waals surface area contributed by atoms with Gasteiger partial charge in [0.15, 0.2) is 0 Å². The molecule has 10 nitrogen and oxygen atoms in total. The Balaban J connectivity index is 1.57. The molecule has 2 aliphatic heterocycles. The van der Waals surface area contributed by atoms with E-state index in [1.54, 1.807) is 9.80 Å². The highest BCUT2D eigenvalue weighted by molar-refractivity contribution is 6.30. The Bertz CT molecular complexity index is 1160. The molecule has 0 unspecified atom stereocenters. The lowest BCUT2D eigenvalue weighted by Gasteiger charge is -2.39. The molecule has 0 aromatic heterocycles. The SMILES string of the molecule is CC(C)(C)OC(=O)N1CCOC[C@H]1c1cc(Cl)cc2c1CN(C(=O)Oc1ccc([N+](=O)[O-])cc1)CC2. The van der Waals surface area contributed by atoms with Crippen LogP contribution in [0.25, 0.3) is 0 Å². The molecule has 2 amide bonds. The molecule has 0 saturated carbocycles. The van der Waals surface area contributed by atoms with Crippen LogP contribution < -0.4 is 4.74 Å². The van der Waals surface area contributed by atoms with Crippen LogP contribution in [0.3, 0.4) is 0 Å². The Morgan fingerprint density at radius 3 is 2.53 bits per heavy atom. The number of hydrogen-bond donors (Lipinski definition) is 0. The van der Waals surface area contributed by atoms with Crippen molar-refractivity contribution in [2.75, 3.05) is 26.3 Å². The maximum atomic E-state index is 13.0. The minimum atomic E-state index is -0.647. The molecule has 0 spiro atoms.